The van der Waals surface area contributed by atoms with Gasteiger partial charge in [0.05, 0.1) is 16.8 Å². The van der Waals surface area contributed by atoms with Crippen LogP contribution in [-0.4, -0.2) is 28.2 Å². The van der Waals surface area contributed by atoms with Gasteiger partial charge in [-0.1, -0.05) is 23.2 Å². The minimum absolute atomic E-state index is 0.141. The van der Waals surface area contributed by atoms with Crippen LogP contribution in [0.1, 0.15) is 12.5 Å². The molecule has 0 aromatic carbocycles. The van der Waals surface area contributed by atoms with E-state index in [2.05, 4.69) is 15.2 Å². The van der Waals surface area contributed by atoms with Crippen molar-refractivity contribution in [2.24, 2.45) is 21.7 Å². The van der Waals surface area contributed by atoms with Crippen LogP contribution >= 0.6 is 23.2 Å². The zero-order valence-corrected chi connectivity index (χ0v) is 10.9. The highest BCUT2D eigenvalue weighted by atomic mass is 35.5. The minimum Gasteiger partial charge on any atom is -0.481 e. The fourth-order valence-corrected chi connectivity index (χ4v) is 1.14. The number of rotatable bonds is 2. The summed E-state index contributed by atoms with van der Waals surface area (Å²) in [7, 11) is 0. The predicted molar refractivity (Wildman–Crippen MR) is 71.0 cm³/mol. The first-order valence-electron chi connectivity index (χ1n) is 4.46. The summed E-state index contributed by atoms with van der Waals surface area (Å²) in [4.78, 5) is 12.8. The van der Waals surface area contributed by atoms with Crippen molar-refractivity contribution < 1.29 is 9.90 Å². The Balaban J connectivity index is 0.000000631. The zero-order chi connectivity index (χ0) is 14.1. The maximum atomic E-state index is 9.00. The van der Waals surface area contributed by atoms with E-state index in [1.54, 1.807) is 6.07 Å². The molecule has 0 atom stereocenters. The number of pyridine rings is 1. The minimum atomic E-state index is -0.833. The molecule has 1 heterocycles. The first-order valence-corrected chi connectivity index (χ1v) is 5.21. The Morgan fingerprint density at radius 1 is 1.50 bits per heavy atom. The van der Waals surface area contributed by atoms with Gasteiger partial charge in [0.25, 0.3) is 5.97 Å². The second-order valence-corrected chi connectivity index (χ2v) is 3.55. The van der Waals surface area contributed by atoms with Crippen molar-refractivity contribution in [2.75, 3.05) is 0 Å². The summed E-state index contributed by atoms with van der Waals surface area (Å²) in [5, 5.41) is 15.1. The normalized spacial score (nSPS) is 9.50. The lowest BCUT2D eigenvalue weighted by atomic mass is 10.3. The van der Waals surface area contributed by atoms with E-state index >= 15 is 0 Å². The Bertz CT molecular complexity index is 448. The van der Waals surface area contributed by atoms with Crippen LogP contribution in [0.4, 0.5) is 0 Å². The van der Waals surface area contributed by atoms with Gasteiger partial charge in [-0.15, -0.1) is 5.10 Å². The fourth-order valence-electron chi connectivity index (χ4n) is 0.694. The highest BCUT2D eigenvalue weighted by Crippen LogP contribution is 2.19. The van der Waals surface area contributed by atoms with Crippen molar-refractivity contribution in [3.8, 4) is 0 Å². The number of nitrogens with two attached hydrogens (primary N) is 2. The summed E-state index contributed by atoms with van der Waals surface area (Å²) in [6.07, 6.45) is 2.82. The van der Waals surface area contributed by atoms with Crippen LogP contribution in [0.3, 0.4) is 0 Å². The maximum Gasteiger partial charge on any atom is 0.300 e. The van der Waals surface area contributed by atoms with Gasteiger partial charge in [-0.3, -0.25) is 4.79 Å². The summed E-state index contributed by atoms with van der Waals surface area (Å²) in [6, 6.07) is 1.59. The largest absolute Gasteiger partial charge is 0.481 e. The van der Waals surface area contributed by atoms with Gasteiger partial charge in [-0.2, -0.15) is 5.10 Å². The number of aliphatic carboxylic acids is 1. The summed E-state index contributed by atoms with van der Waals surface area (Å²) < 4.78 is 0. The third-order valence-corrected chi connectivity index (χ3v) is 1.88. The van der Waals surface area contributed by atoms with Crippen LogP contribution in [0, 0.1) is 0 Å². The van der Waals surface area contributed by atoms with Crippen LogP contribution in [0.25, 0.3) is 0 Å². The topological polar surface area (TPSA) is 127 Å². The molecule has 0 aliphatic rings. The second-order valence-electron chi connectivity index (χ2n) is 2.79. The highest BCUT2D eigenvalue weighted by Gasteiger charge is 2.02. The molecule has 1 rings (SSSR count). The molecule has 1 aromatic heterocycles. The Hall–Kier alpha value is -1.86. The quantitative estimate of drug-likeness (QED) is 0.325. The zero-order valence-electron chi connectivity index (χ0n) is 9.34. The van der Waals surface area contributed by atoms with Gasteiger partial charge in [0.1, 0.15) is 5.15 Å². The molecule has 0 fully saturated rings. The number of carbonyl (C=O) groups is 1. The molecule has 0 spiro atoms. The van der Waals surface area contributed by atoms with Crippen LogP contribution in [-0.2, 0) is 4.79 Å². The molecule has 1 aromatic rings. The Labute approximate surface area is 113 Å². The smallest absolute Gasteiger partial charge is 0.300 e. The lowest BCUT2D eigenvalue weighted by molar-refractivity contribution is -0.134. The predicted octanol–water partition coefficient (Wildman–Crippen LogP) is 1.09. The Kier molecular flexibility index (Phi) is 7.41. The summed E-state index contributed by atoms with van der Waals surface area (Å²) in [5.74, 6) is -0.975. The van der Waals surface area contributed by atoms with Gasteiger partial charge in [-0.25, -0.2) is 4.98 Å². The standard InChI is InChI=1S/C7H7Cl2N5.C2H4O2/c8-5-1-2-12-6(9)4(5)3-13-14-7(10)11;1-2(3)4/h1-3H,(H4,10,11,14);1H3,(H,3,4)/b13-3+;. The molecule has 9 heteroatoms. The van der Waals surface area contributed by atoms with Crippen LogP contribution in [0.5, 0.6) is 0 Å². The molecule has 0 saturated heterocycles. The van der Waals surface area contributed by atoms with Crippen molar-refractivity contribution >= 4 is 41.3 Å². The van der Waals surface area contributed by atoms with Crippen molar-refractivity contribution in [3.05, 3.63) is 28.0 Å². The number of carboxylic acids is 1. The molecular weight excluding hydrogens is 281 g/mol. The van der Waals surface area contributed by atoms with Gasteiger partial charge in [-0.05, 0) is 6.07 Å². The molecule has 0 aliphatic carbocycles. The van der Waals surface area contributed by atoms with E-state index in [1.807, 2.05) is 0 Å². The first-order chi connectivity index (χ1) is 8.34. The first kappa shape index (κ1) is 16.1. The number of hydrogen-bond donors (Lipinski definition) is 3. The molecule has 18 heavy (non-hydrogen) atoms. The second kappa shape index (κ2) is 8.26. The molecular formula is C9H11Cl2N5O2. The van der Waals surface area contributed by atoms with Crippen molar-refractivity contribution in [1.82, 2.24) is 4.98 Å². The van der Waals surface area contributed by atoms with Crippen molar-refractivity contribution in [1.29, 1.82) is 0 Å². The van der Waals surface area contributed by atoms with E-state index in [9.17, 15) is 0 Å². The average Bonchev–Trinajstić information content (AvgIpc) is 2.21. The van der Waals surface area contributed by atoms with Crippen LogP contribution in [0.2, 0.25) is 10.2 Å². The maximum absolute atomic E-state index is 9.00. The van der Waals surface area contributed by atoms with E-state index in [0.717, 1.165) is 6.92 Å². The molecule has 0 radical (unpaired) electrons. The van der Waals surface area contributed by atoms with E-state index in [0.29, 0.717) is 10.6 Å². The molecule has 7 nitrogen and oxygen atoms in total. The van der Waals surface area contributed by atoms with Gasteiger partial charge < -0.3 is 16.6 Å². The monoisotopic (exact) mass is 291 g/mol. The van der Waals surface area contributed by atoms with Crippen molar-refractivity contribution in [3.63, 3.8) is 0 Å². The number of nitrogens with zero attached hydrogens (tertiary/aromatic N) is 3. The average molecular weight is 292 g/mol. The van der Waals surface area contributed by atoms with E-state index in [1.165, 1.54) is 12.4 Å². The molecule has 0 saturated carbocycles. The van der Waals surface area contributed by atoms with Gasteiger partial charge in [0.2, 0.25) is 5.96 Å². The van der Waals surface area contributed by atoms with Crippen LogP contribution < -0.4 is 11.5 Å². The van der Waals surface area contributed by atoms with Gasteiger partial charge in [0.15, 0.2) is 0 Å². The fraction of sp³-hybridized carbons (Fsp3) is 0.111. The lowest BCUT2D eigenvalue weighted by Gasteiger charge is -1.97. The van der Waals surface area contributed by atoms with Crippen LogP contribution in [0.15, 0.2) is 22.5 Å². The molecule has 0 unspecified atom stereocenters. The van der Waals surface area contributed by atoms with E-state index in [4.69, 9.17) is 44.6 Å². The Morgan fingerprint density at radius 2 is 2.06 bits per heavy atom. The molecule has 98 valence electrons. The molecule has 0 amide bonds. The third-order valence-electron chi connectivity index (χ3n) is 1.25. The summed E-state index contributed by atoms with van der Waals surface area (Å²) >= 11 is 11.6. The molecule has 0 bridgehead atoms. The van der Waals surface area contributed by atoms with E-state index in [-0.39, 0.29) is 11.1 Å². The Morgan fingerprint density at radius 3 is 2.50 bits per heavy atom. The molecule has 0 aliphatic heterocycles. The van der Waals surface area contributed by atoms with E-state index < -0.39 is 5.97 Å². The molecule has 5 N–H and O–H groups in total. The third kappa shape index (κ3) is 7.42. The van der Waals surface area contributed by atoms with Gasteiger partial charge >= 0.3 is 0 Å². The SMILES string of the molecule is CC(=O)O.NC(N)=N/N=C/c1c(Cl)ccnc1Cl. The number of halogens is 2. The van der Waals surface area contributed by atoms with Crippen molar-refractivity contribution in [2.45, 2.75) is 6.92 Å². The highest BCUT2D eigenvalue weighted by molar-refractivity contribution is 6.37. The summed E-state index contributed by atoms with van der Waals surface area (Å²) in [6.45, 7) is 1.08. The number of carboxylic acid groups (broad SMARTS) is 1. The van der Waals surface area contributed by atoms with Gasteiger partial charge in [0, 0.05) is 13.1 Å². The number of aromatic nitrogens is 1. The number of guanidine groups is 1. The lowest BCUT2D eigenvalue weighted by Crippen LogP contribution is -2.21. The number of hydrogen-bond acceptors (Lipinski definition) is 4. The summed E-state index contributed by atoms with van der Waals surface area (Å²) in [5.41, 5.74) is 10.6.